The van der Waals surface area contributed by atoms with Gasteiger partial charge in [-0.05, 0) is 24.3 Å². The number of nitriles is 1. The summed E-state index contributed by atoms with van der Waals surface area (Å²) in [5.74, 6) is 0. The number of rotatable bonds is 2. The second-order valence-corrected chi connectivity index (χ2v) is 5.73. The number of benzene rings is 1. The topological polar surface area (TPSA) is 69.5 Å². The number of pyridine rings is 1. The molecule has 2 aromatic heterocycles. The van der Waals surface area contributed by atoms with Crippen LogP contribution in [-0.2, 0) is 0 Å². The van der Waals surface area contributed by atoms with Crippen LogP contribution in [-0.4, -0.2) is 9.97 Å². The fourth-order valence-corrected chi connectivity index (χ4v) is 2.86. The molecular formula is C15H8ClN3OS. The van der Waals surface area contributed by atoms with E-state index in [0.717, 1.165) is 15.4 Å². The van der Waals surface area contributed by atoms with Crippen LogP contribution < -0.4 is 5.56 Å². The first kappa shape index (κ1) is 13.6. The maximum atomic E-state index is 11.7. The van der Waals surface area contributed by atoms with Crippen molar-refractivity contribution in [3.8, 4) is 27.2 Å². The van der Waals surface area contributed by atoms with Gasteiger partial charge in [0.1, 0.15) is 16.6 Å². The van der Waals surface area contributed by atoms with Crippen molar-refractivity contribution in [2.45, 2.75) is 0 Å². The van der Waals surface area contributed by atoms with Gasteiger partial charge in [-0.1, -0.05) is 23.7 Å². The second-order valence-electron chi connectivity index (χ2n) is 4.26. The van der Waals surface area contributed by atoms with Gasteiger partial charge in [0, 0.05) is 16.8 Å². The molecule has 3 aromatic rings. The average Bonchev–Trinajstić information content (AvgIpc) is 2.98. The Balaban J connectivity index is 1.99. The normalized spacial score (nSPS) is 10.3. The molecule has 1 N–H and O–H groups in total. The molecule has 0 fully saturated rings. The van der Waals surface area contributed by atoms with Gasteiger partial charge >= 0.3 is 0 Å². The maximum Gasteiger partial charge on any atom is 0.266 e. The molecule has 0 aliphatic carbocycles. The van der Waals surface area contributed by atoms with Gasteiger partial charge in [0.25, 0.3) is 5.56 Å². The van der Waals surface area contributed by atoms with Crippen molar-refractivity contribution in [1.82, 2.24) is 9.97 Å². The SMILES string of the molecule is N#Cc1ccc(-c2cnc(-c3ccc(Cl)cc3)s2)[nH]c1=O. The van der Waals surface area contributed by atoms with Crippen LogP contribution in [0.15, 0.2) is 47.4 Å². The molecule has 6 heteroatoms. The van der Waals surface area contributed by atoms with Crippen LogP contribution in [0.3, 0.4) is 0 Å². The van der Waals surface area contributed by atoms with Gasteiger partial charge in [-0.15, -0.1) is 11.3 Å². The van der Waals surface area contributed by atoms with E-state index in [2.05, 4.69) is 9.97 Å². The number of aromatic nitrogens is 2. The number of halogens is 1. The molecule has 0 bridgehead atoms. The van der Waals surface area contributed by atoms with E-state index in [1.54, 1.807) is 12.3 Å². The largest absolute Gasteiger partial charge is 0.320 e. The lowest BCUT2D eigenvalue weighted by Gasteiger charge is -1.97. The Morgan fingerprint density at radius 1 is 1.19 bits per heavy atom. The summed E-state index contributed by atoms with van der Waals surface area (Å²) in [6, 6.07) is 12.5. The minimum Gasteiger partial charge on any atom is -0.320 e. The minimum absolute atomic E-state index is 0.0983. The summed E-state index contributed by atoms with van der Waals surface area (Å²) in [6.07, 6.45) is 1.70. The predicted octanol–water partition coefficient (Wildman–Crippen LogP) is 3.69. The Kier molecular flexibility index (Phi) is 3.57. The number of nitrogens with zero attached hydrogens (tertiary/aromatic N) is 2. The number of thiazole rings is 1. The van der Waals surface area contributed by atoms with Crippen LogP contribution in [0.1, 0.15) is 5.56 Å². The molecule has 0 atom stereocenters. The van der Waals surface area contributed by atoms with E-state index < -0.39 is 5.56 Å². The molecule has 4 nitrogen and oxygen atoms in total. The quantitative estimate of drug-likeness (QED) is 0.784. The number of nitrogens with one attached hydrogen (secondary N) is 1. The highest BCUT2D eigenvalue weighted by Gasteiger charge is 2.08. The molecule has 1 aromatic carbocycles. The third-order valence-electron chi connectivity index (χ3n) is 2.89. The van der Waals surface area contributed by atoms with E-state index in [4.69, 9.17) is 16.9 Å². The van der Waals surface area contributed by atoms with Crippen LogP contribution in [0, 0.1) is 11.3 Å². The van der Waals surface area contributed by atoms with Gasteiger partial charge < -0.3 is 4.98 Å². The van der Waals surface area contributed by atoms with E-state index in [9.17, 15) is 4.79 Å². The Morgan fingerprint density at radius 3 is 2.62 bits per heavy atom. The van der Waals surface area contributed by atoms with Crippen molar-refractivity contribution < 1.29 is 0 Å². The first-order chi connectivity index (χ1) is 10.2. The fourth-order valence-electron chi connectivity index (χ4n) is 1.83. The second kappa shape index (κ2) is 5.52. The summed E-state index contributed by atoms with van der Waals surface area (Å²) in [5.41, 5.74) is 1.32. The van der Waals surface area contributed by atoms with Crippen molar-refractivity contribution in [2.75, 3.05) is 0 Å². The van der Waals surface area contributed by atoms with Gasteiger partial charge in [-0.2, -0.15) is 5.26 Å². The lowest BCUT2D eigenvalue weighted by atomic mass is 10.2. The van der Waals surface area contributed by atoms with E-state index >= 15 is 0 Å². The van der Waals surface area contributed by atoms with Crippen molar-refractivity contribution in [3.63, 3.8) is 0 Å². The number of aromatic amines is 1. The van der Waals surface area contributed by atoms with Crippen molar-refractivity contribution in [1.29, 1.82) is 5.26 Å². The summed E-state index contributed by atoms with van der Waals surface area (Å²) < 4.78 is 0. The van der Waals surface area contributed by atoms with Gasteiger partial charge in [-0.25, -0.2) is 4.98 Å². The lowest BCUT2D eigenvalue weighted by molar-refractivity contribution is 1.22. The molecular weight excluding hydrogens is 306 g/mol. The van der Waals surface area contributed by atoms with Gasteiger partial charge in [0.05, 0.1) is 10.6 Å². The maximum absolute atomic E-state index is 11.7. The Labute approximate surface area is 129 Å². The zero-order valence-corrected chi connectivity index (χ0v) is 12.2. The molecule has 0 unspecified atom stereocenters. The number of H-pyrrole nitrogens is 1. The van der Waals surface area contributed by atoms with Crippen molar-refractivity contribution >= 4 is 22.9 Å². The Morgan fingerprint density at radius 2 is 1.95 bits per heavy atom. The smallest absolute Gasteiger partial charge is 0.266 e. The summed E-state index contributed by atoms with van der Waals surface area (Å²) in [5, 5.41) is 10.3. The number of hydrogen-bond acceptors (Lipinski definition) is 4. The molecule has 21 heavy (non-hydrogen) atoms. The summed E-state index contributed by atoms with van der Waals surface area (Å²) >= 11 is 7.32. The van der Waals surface area contributed by atoms with Crippen LogP contribution >= 0.6 is 22.9 Å². The molecule has 0 radical (unpaired) electrons. The standard InChI is InChI=1S/C15H8ClN3OS/c16-11-4-1-9(2-5-11)15-18-8-13(21-15)12-6-3-10(7-17)14(20)19-12/h1-6,8H,(H,19,20). The summed E-state index contributed by atoms with van der Waals surface area (Å²) in [6.45, 7) is 0. The zero-order chi connectivity index (χ0) is 14.8. The monoisotopic (exact) mass is 313 g/mol. The molecule has 0 aliphatic heterocycles. The zero-order valence-electron chi connectivity index (χ0n) is 10.6. The molecule has 0 aliphatic rings. The molecule has 2 heterocycles. The average molecular weight is 314 g/mol. The summed E-state index contributed by atoms with van der Waals surface area (Å²) in [4.78, 5) is 19.5. The van der Waals surface area contributed by atoms with Crippen molar-refractivity contribution in [3.05, 3.63) is 63.5 Å². The lowest BCUT2D eigenvalue weighted by Crippen LogP contribution is -2.09. The van der Waals surface area contributed by atoms with E-state index in [-0.39, 0.29) is 5.56 Å². The van der Waals surface area contributed by atoms with E-state index in [1.165, 1.54) is 17.4 Å². The first-order valence-corrected chi connectivity index (χ1v) is 7.22. The van der Waals surface area contributed by atoms with E-state index in [1.807, 2.05) is 30.3 Å². The predicted molar refractivity (Wildman–Crippen MR) is 83.3 cm³/mol. The molecule has 102 valence electrons. The van der Waals surface area contributed by atoms with Gasteiger partial charge in [0.2, 0.25) is 0 Å². The Bertz CT molecular complexity index is 890. The van der Waals surface area contributed by atoms with E-state index in [0.29, 0.717) is 10.7 Å². The van der Waals surface area contributed by atoms with Crippen LogP contribution in [0.4, 0.5) is 0 Å². The molecule has 0 saturated carbocycles. The highest BCUT2D eigenvalue weighted by Crippen LogP contribution is 2.31. The molecule has 3 rings (SSSR count). The third kappa shape index (κ3) is 2.72. The summed E-state index contributed by atoms with van der Waals surface area (Å²) in [7, 11) is 0. The molecule has 0 spiro atoms. The highest BCUT2D eigenvalue weighted by atomic mass is 35.5. The third-order valence-corrected chi connectivity index (χ3v) is 4.22. The van der Waals surface area contributed by atoms with Crippen LogP contribution in [0.2, 0.25) is 5.02 Å². The molecule has 0 amide bonds. The van der Waals surface area contributed by atoms with Crippen LogP contribution in [0.25, 0.3) is 21.1 Å². The Hall–Kier alpha value is -2.42. The van der Waals surface area contributed by atoms with Crippen molar-refractivity contribution in [2.24, 2.45) is 0 Å². The van der Waals surface area contributed by atoms with Gasteiger partial charge in [0.15, 0.2) is 0 Å². The molecule has 0 saturated heterocycles. The van der Waals surface area contributed by atoms with Crippen LogP contribution in [0.5, 0.6) is 0 Å². The van der Waals surface area contributed by atoms with Gasteiger partial charge in [-0.3, -0.25) is 4.79 Å². The fraction of sp³-hybridized carbons (Fsp3) is 0. The minimum atomic E-state index is -0.392. The highest BCUT2D eigenvalue weighted by molar-refractivity contribution is 7.18. The number of hydrogen-bond donors (Lipinski definition) is 1. The first-order valence-electron chi connectivity index (χ1n) is 6.03.